The van der Waals surface area contributed by atoms with Crippen LogP contribution in [-0.2, 0) is 19.1 Å². The number of hydrogen-bond acceptors (Lipinski definition) is 7. The first kappa shape index (κ1) is 19.8. The molecule has 0 aromatic heterocycles. The van der Waals surface area contributed by atoms with Gasteiger partial charge in [0, 0.05) is 19.6 Å². The molecule has 1 rings (SSSR count). The van der Waals surface area contributed by atoms with Crippen molar-refractivity contribution in [3.63, 3.8) is 0 Å². The van der Waals surface area contributed by atoms with E-state index < -0.39 is 0 Å². The molecule has 0 bridgehead atoms. The molecule has 0 atom stereocenters. The number of carbonyl (C=O) groups excluding carboxylic acids is 2. The molecular formula is C17H25NO6. The van der Waals surface area contributed by atoms with Crippen LogP contribution >= 0.6 is 0 Å². The number of hydrogen-bond donors (Lipinski definition) is 0. The Hall–Kier alpha value is -2.28. The molecule has 0 unspecified atom stereocenters. The van der Waals surface area contributed by atoms with Gasteiger partial charge < -0.3 is 18.9 Å². The number of rotatable bonds is 11. The van der Waals surface area contributed by atoms with Gasteiger partial charge in [-0.25, -0.2) is 0 Å². The summed E-state index contributed by atoms with van der Waals surface area (Å²) < 4.78 is 20.0. The minimum atomic E-state index is -0.283. The molecule has 7 heteroatoms. The minimum absolute atomic E-state index is 0.264. The van der Waals surface area contributed by atoms with Crippen molar-refractivity contribution in [3.05, 3.63) is 24.3 Å². The molecule has 0 radical (unpaired) electrons. The second-order valence-electron chi connectivity index (χ2n) is 5.02. The highest BCUT2D eigenvalue weighted by Crippen LogP contribution is 2.16. The maximum Gasteiger partial charge on any atom is 0.306 e. The van der Waals surface area contributed by atoms with Crippen molar-refractivity contribution in [2.75, 3.05) is 47.6 Å². The van der Waals surface area contributed by atoms with E-state index in [1.54, 1.807) is 7.11 Å². The Morgan fingerprint density at radius 1 is 0.833 bits per heavy atom. The van der Waals surface area contributed by atoms with Crippen LogP contribution in [0.2, 0.25) is 0 Å². The van der Waals surface area contributed by atoms with E-state index in [0.717, 1.165) is 11.5 Å². The van der Waals surface area contributed by atoms with Crippen LogP contribution in [0.5, 0.6) is 11.5 Å². The molecule has 24 heavy (non-hydrogen) atoms. The number of nitrogens with zero attached hydrogens (tertiary/aromatic N) is 1. The lowest BCUT2D eigenvalue weighted by atomic mass is 10.3. The van der Waals surface area contributed by atoms with E-state index in [1.165, 1.54) is 14.2 Å². The van der Waals surface area contributed by atoms with Gasteiger partial charge in [0.1, 0.15) is 18.1 Å². The standard InChI is InChI=1S/C17H25NO6/c1-21-14-4-6-15(7-5-14)24-13-12-18(10-8-16(19)22-2)11-9-17(20)23-3/h4-7H,8-13H2,1-3H3. The summed E-state index contributed by atoms with van der Waals surface area (Å²) in [5.74, 6) is 0.931. The maximum absolute atomic E-state index is 11.3. The first-order chi connectivity index (χ1) is 11.6. The molecular weight excluding hydrogens is 314 g/mol. The second-order valence-corrected chi connectivity index (χ2v) is 5.02. The van der Waals surface area contributed by atoms with Gasteiger partial charge in [-0.3, -0.25) is 14.5 Å². The number of esters is 2. The van der Waals surface area contributed by atoms with Crippen molar-refractivity contribution in [1.29, 1.82) is 0 Å². The smallest absolute Gasteiger partial charge is 0.306 e. The zero-order valence-electron chi connectivity index (χ0n) is 14.4. The molecule has 0 spiro atoms. The van der Waals surface area contributed by atoms with Crippen LogP contribution in [0, 0.1) is 0 Å². The Labute approximate surface area is 142 Å². The highest BCUT2D eigenvalue weighted by atomic mass is 16.5. The summed E-state index contributed by atoms with van der Waals surface area (Å²) in [5.41, 5.74) is 0. The van der Waals surface area contributed by atoms with E-state index in [0.29, 0.717) is 26.2 Å². The quantitative estimate of drug-likeness (QED) is 0.566. The first-order valence-corrected chi connectivity index (χ1v) is 7.72. The SMILES string of the molecule is COC(=O)CCN(CCOc1ccc(OC)cc1)CCC(=O)OC. The molecule has 7 nitrogen and oxygen atoms in total. The van der Waals surface area contributed by atoms with Gasteiger partial charge in [-0.05, 0) is 24.3 Å². The van der Waals surface area contributed by atoms with E-state index in [2.05, 4.69) is 9.47 Å². The van der Waals surface area contributed by atoms with Crippen LogP contribution in [0.1, 0.15) is 12.8 Å². The van der Waals surface area contributed by atoms with Gasteiger partial charge in [0.25, 0.3) is 0 Å². The molecule has 1 aromatic rings. The van der Waals surface area contributed by atoms with E-state index in [9.17, 15) is 9.59 Å². The van der Waals surface area contributed by atoms with Crippen LogP contribution in [0.25, 0.3) is 0 Å². The molecule has 0 fully saturated rings. The number of ether oxygens (including phenoxy) is 4. The fourth-order valence-corrected chi connectivity index (χ4v) is 2.00. The highest BCUT2D eigenvalue weighted by Gasteiger charge is 2.11. The van der Waals surface area contributed by atoms with Crippen molar-refractivity contribution >= 4 is 11.9 Å². The van der Waals surface area contributed by atoms with Crippen molar-refractivity contribution in [2.24, 2.45) is 0 Å². The van der Waals surface area contributed by atoms with Gasteiger partial charge in [-0.15, -0.1) is 0 Å². The highest BCUT2D eigenvalue weighted by molar-refractivity contribution is 5.70. The summed E-state index contributed by atoms with van der Waals surface area (Å²) in [4.78, 5) is 24.5. The average molecular weight is 339 g/mol. The largest absolute Gasteiger partial charge is 0.497 e. The Morgan fingerprint density at radius 2 is 1.33 bits per heavy atom. The molecule has 0 saturated carbocycles. The van der Waals surface area contributed by atoms with Gasteiger partial charge in [-0.1, -0.05) is 0 Å². The Bertz CT molecular complexity index is 482. The normalized spacial score (nSPS) is 10.3. The molecule has 0 saturated heterocycles. The average Bonchev–Trinajstić information content (AvgIpc) is 2.63. The summed E-state index contributed by atoms with van der Waals surface area (Å²) in [5, 5.41) is 0. The first-order valence-electron chi connectivity index (χ1n) is 7.72. The lowest BCUT2D eigenvalue weighted by Gasteiger charge is -2.21. The van der Waals surface area contributed by atoms with Crippen LogP contribution in [0.15, 0.2) is 24.3 Å². The monoisotopic (exact) mass is 339 g/mol. The van der Waals surface area contributed by atoms with E-state index in [1.807, 2.05) is 29.2 Å². The van der Waals surface area contributed by atoms with Crippen LogP contribution in [0.3, 0.4) is 0 Å². The fourth-order valence-electron chi connectivity index (χ4n) is 2.00. The molecule has 134 valence electrons. The second kappa shape index (κ2) is 11.3. The Balaban J connectivity index is 2.43. The molecule has 0 aliphatic heterocycles. The van der Waals surface area contributed by atoms with Gasteiger partial charge in [0.2, 0.25) is 0 Å². The molecule has 0 heterocycles. The predicted octanol–water partition coefficient (Wildman–Crippen LogP) is 1.50. The predicted molar refractivity (Wildman–Crippen MR) is 88.2 cm³/mol. The van der Waals surface area contributed by atoms with Crippen molar-refractivity contribution in [1.82, 2.24) is 4.90 Å². The molecule has 0 aliphatic rings. The zero-order chi connectivity index (χ0) is 17.8. The Kier molecular flexibility index (Phi) is 9.29. The van der Waals surface area contributed by atoms with Gasteiger partial charge >= 0.3 is 11.9 Å². The van der Waals surface area contributed by atoms with Crippen LogP contribution in [0.4, 0.5) is 0 Å². The molecule has 0 amide bonds. The van der Waals surface area contributed by atoms with Gasteiger partial charge in [-0.2, -0.15) is 0 Å². The summed E-state index contributed by atoms with van der Waals surface area (Å²) in [6, 6.07) is 7.29. The van der Waals surface area contributed by atoms with Crippen LogP contribution < -0.4 is 9.47 Å². The number of carbonyl (C=O) groups is 2. The summed E-state index contributed by atoms with van der Waals surface area (Å²) >= 11 is 0. The fraction of sp³-hybridized carbons (Fsp3) is 0.529. The lowest BCUT2D eigenvalue weighted by molar-refractivity contribution is -0.141. The van der Waals surface area contributed by atoms with E-state index >= 15 is 0 Å². The van der Waals surface area contributed by atoms with E-state index in [-0.39, 0.29) is 24.8 Å². The molecule has 1 aromatic carbocycles. The third-order valence-corrected chi connectivity index (χ3v) is 3.46. The summed E-state index contributed by atoms with van der Waals surface area (Å²) in [6.45, 7) is 2.01. The Morgan fingerprint density at radius 3 is 1.79 bits per heavy atom. The van der Waals surface area contributed by atoms with Crippen molar-refractivity contribution in [2.45, 2.75) is 12.8 Å². The van der Waals surface area contributed by atoms with Gasteiger partial charge in [0.05, 0.1) is 34.2 Å². The topological polar surface area (TPSA) is 74.3 Å². The third kappa shape index (κ3) is 7.82. The van der Waals surface area contributed by atoms with Gasteiger partial charge in [0.15, 0.2) is 0 Å². The summed E-state index contributed by atoms with van der Waals surface area (Å²) in [7, 11) is 4.32. The van der Waals surface area contributed by atoms with Crippen molar-refractivity contribution in [3.8, 4) is 11.5 Å². The lowest BCUT2D eigenvalue weighted by Crippen LogP contribution is -2.33. The minimum Gasteiger partial charge on any atom is -0.497 e. The number of methoxy groups -OCH3 is 3. The van der Waals surface area contributed by atoms with E-state index in [4.69, 9.17) is 9.47 Å². The zero-order valence-corrected chi connectivity index (χ0v) is 14.4. The van der Waals surface area contributed by atoms with Crippen molar-refractivity contribution < 1.29 is 28.5 Å². The molecule has 0 aliphatic carbocycles. The maximum atomic E-state index is 11.3. The van der Waals surface area contributed by atoms with Crippen LogP contribution in [-0.4, -0.2) is 64.4 Å². The third-order valence-electron chi connectivity index (χ3n) is 3.46. The summed E-state index contributed by atoms with van der Waals surface area (Å²) in [6.07, 6.45) is 0.528. The number of benzene rings is 1. The molecule has 0 N–H and O–H groups in total.